The average Bonchev–Trinajstić information content (AvgIpc) is 2.75. The van der Waals surface area contributed by atoms with Crippen LogP contribution < -0.4 is 5.73 Å². The molecule has 4 nitrogen and oxygen atoms in total. The summed E-state index contributed by atoms with van der Waals surface area (Å²) in [5.41, 5.74) is 6.03. The minimum Gasteiger partial charge on any atom is -0.331 e. The second-order valence-electron chi connectivity index (χ2n) is 4.62. The third-order valence-electron chi connectivity index (χ3n) is 2.74. The summed E-state index contributed by atoms with van der Waals surface area (Å²) in [5.74, 6) is 0.609. The van der Waals surface area contributed by atoms with Crippen molar-refractivity contribution < 1.29 is 4.79 Å². The molecule has 2 heterocycles. The highest BCUT2D eigenvalue weighted by molar-refractivity contribution is 7.09. The molecule has 0 aliphatic carbocycles. The molecule has 88 valence electrons. The first kappa shape index (κ1) is 11.5. The van der Waals surface area contributed by atoms with Gasteiger partial charge in [0.15, 0.2) is 0 Å². The summed E-state index contributed by atoms with van der Waals surface area (Å²) < 4.78 is 0. The second-order valence-corrected chi connectivity index (χ2v) is 5.55. The first-order valence-electron chi connectivity index (χ1n) is 5.54. The molecule has 5 heteroatoms. The Bertz CT molecular complexity index is 363. The number of nitrogens with zero attached hydrogens (tertiary/aromatic N) is 2. The minimum atomic E-state index is -0.114. The van der Waals surface area contributed by atoms with Crippen molar-refractivity contribution in [2.75, 3.05) is 6.54 Å². The maximum Gasteiger partial charge on any atom is 0.224 e. The van der Waals surface area contributed by atoms with Crippen molar-refractivity contribution in [1.82, 2.24) is 9.88 Å². The lowest BCUT2D eigenvalue weighted by Crippen LogP contribution is -2.35. The topological polar surface area (TPSA) is 59.2 Å². The van der Waals surface area contributed by atoms with Crippen molar-refractivity contribution in [1.29, 1.82) is 0 Å². The molecule has 0 bridgehead atoms. The zero-order chi connectivity index (χ0) is 11.7. The molecule has 0 saturated carbocycles. The van der Waals surface area contributed by atoms with E-state index in [9.17, 15) is 4.79 Å². The van der Waals surface area contributed by atoms with Gasteiger partial charge in [0.2, 0.25) is 5.91 Å². The lowest BCUT2D eigenvalue weighted by Gasteiger charge is -2.26. The number of rotatable bonds is 3. The van der Waals surface area contributed by atoms with Crippen LogP contribution in [0.1, 0.15) is 31.3 Å². The van der Waals surface area contributed by atoms with Crippen LogP contribution in [0.15, 0.2) is 11.6 Å². The summed E-state index contributed by atoms with van der Waals surface area (Å²) in [6, 6.07) is -0.132. The maximum absolute atomic E-state index is 11.8. The Balaban J connectivity index is 2.23. The fourth-order valence-corrected chi connectivity index (χ4v) is 2.95. The van der Waals surface area contributed by atoms with E-state index in [4.69, 9.17) is 5.73 Å². The molecule has 1 amide bonds. The van der Waals surface area contributed by atoms with Gasteiger partial charge >= 0.3 is 0 Å². The summed E-state index contributed by atoms with van der Waals surface area (Å²) in [7, 11) is 0. The zero-order valence-corrected chi connectivity index (χ0v) is 10.4. The van der Waals surface area contributed by atoms with Gasteiger partial charge in [-0.1, -0.05) is 13.8 Å². The molecule has 2 N–H and O–H groups in total. The van der Waals surface area contributed by atoms with Gasteiger partial charge in [0.25, 0.3) is 0 Å². The van der Waals surface area contributed by atoms with E-state index >= 15 is 0 Å². The Hall–Kier alpha value is -0.940. The van der Waals surface area contributed by atoms with Crippen LogP contribution in [0.25, 0.3) is 0 Å². The summed E-state index contributed by atoms with van der Waals surface area (Å²) in [5, 5.41) is 2.89. The van der Waals surface area contributed by atoms with Gasteiger partial charge in [0.05, 0.1) is 6.04 Å². The van der Waals surface area contributed by atoms with Crippen LogP contribution in [0, 0.1) is 5.92 Å². The van der Waals surface area contributed by atoms with Gasteiger partial charge in [-0.2, -0.15) is 0 Å². The molecule has 1 fully saturated rings. The number of nitrogens with two attached hydrogens (primary N) is 1. The molecule has 2 atom stereocenters. The normalized spacial score (nSPS) is 25.8. The average molecular weight is 239 g/mol. The Morgan fingerprint density at radius 3 is 3.00 bits per heavy atom. The van der Waals surface area contributed by atoms with Crippen molar-refractivity contribution in [2.45, 2.75) is 32.4 Å². The lowest BCUT2D eigenvalue weighted by molar-refractivity contribution is -0.129. The molecule has 0 aromatic carbocycles. The fraction of sp³-hybridized carbons (Fsp3) is 0.636. The van der Waals surface area contributed by atoms with E-state index in [1.165, 1.54) is 0 Å². The van der Waals surface area contributed by atoms with Crippen LogP contribution in [0.4, 0.5) is 0 Å². The van der Waals surface area contributed by atoms with Crippen LogP contribution in [0.2, 0.25) is 0 Å². The van der Waals surface area contributed by atoms with Crippen LogP contribution in [-0.2, 0) is 4.79 Å². The van der Waals surface area contributed by atoms with Gasteiger partial charge in [0.1, 0.15) is 5.01 Å². The molecule has 1 aromatic rings. The molecule has 1 aliphatic rings. The largest absolute Gasteiger partial charge is 0.331 e. The van der Waals surface area contributed by atoms with Gasteiger partial charge in [-0.3, -0.25) is 4.79 Å². The monoisotopic (exact) mass is 239 g/mol. The molecule has 1 aromatic heterocycles. The number of carbonyl (C=O) groups is 1. The number of amides is 1. The van der Waals surface area contributed by atoms with Gasteiger partial charge in [-0.25, -0.2) is 4.98 Å². The summed E-state index contributed by atoms with van der Waals surface area (Å²) in [4.78, 5) is 18.0. The molecular formula is C11H17N3OS. The highest BCUT2D eigenvalue weighted by atomic mass is 32.1. The Kier molecular flexibility index (Phi) is 3.25. The van der Waals surface area contributed by atoms with Crippen molar-refractivity contribution >= 4 is 17.2 Å². The molecule has 16 heavy (non-hydrogen) atoms. The summed E-state index contributed by atoms with van der Waals surface area (Å²) >= 11 is 1.57. The molecule has 1 saturated heterocycles. The van der Waals surface area contributed by atoms with Gasteiger partial charge in [-0.15, -0.1) is 11.3 Å². The number of carbonyl (C=O) groups excluding carboxylic acids is 1. The Morgan fingerprint density at radius 2 is 2.44 bits per heavy atom. The molecule has 1 aliphatic heterocycles. The molecule has 0 spiro atoms. The first-order valence-corrected chi connectivity index (χ1v) is 6.42. The smallest absolute Gasteiger partial charge is 0.224 e. The summed E-state index contributed by atoms with van der Waals surface area (Å²) in [6.07, 6.45) is 2.21. The van der Waals surface area contributed by atoms with Crippen molar-refractivity contribution in [2.24, 2.45) is 11.7 Å². The highest BCUT2D eigenvalue weighted by Crippen LogP contribution is 2.33. The predicted octanol–water partition coefficient (Wildman–Crippen LogP) is 1.40. The molecule has 2 unspecified atom stereocenters. The quantitative estimate of drug-likeness (QED) is 0.867. The van der Waals surface area contributed by atoms with Gasteiger partial charge < -0.3 is 10.6 Å². The van der Waals surface area contributed by atoms with Gasteiger partial charge in [-0.05, 0) is 5.92 Å². The standard InChI is InChI=1S/C11H17N3OS/c1-7(2)6-14-9(15)5-8(12)10(14)11-13-3-4-16-11/h3-4,7-8,10H,5-6,12H2,1-2H3. The summed E-state index contributed by atoms with van der Waals surface area (Å²) in [6.45, 7) is 4.98. The van der Waals surface area contributed by atoms with Crippen molar-refractivity contribution in [3.05, 3.63) is 16.6 Å². The first-order chi connectivity index (χ1) is 7.59. The van der Waals surface area contributed by atoms with E-state index in [-0.39, 0.29) is 18.0 Å². The fourth-order valence-electron chi connectivity index (χ4n) is 2.12. The SMILES string of the molecule is CC(C)CN1C(=O)CC(N)C1c1nccs1. The van der Waals surface area contributed by atoms with E-state index in [1.54, 1.807) is 17.5 Å². The number of thiazole rings is 1. The Morgan fingerprint density at radius 1 is 1.69 bits per heavy atom. The Labute approximate surface area is 99.5 Å². The van der Waals surface area contributed by atoms with Gasteiger partial charge in [0, 0.05) is 30.6 Å². The van der Waals surface area contributed by atoms with E-state index in [0.29, 0.717) is 12.3 Å². The number of aromatic nitrogens is 1. The predicted molar refractivity (Wildman–Crippen MR) is 64.0 cm³/mol. The zero-order valence-electron chi connectivity index (χ0n) is 9.59. The minimum absolute atomic E-state index is 0.0186. The number of hydrogen-bond donors (Lipinski definition) is 1. The second kappa shape index (κ2) is 4.51. The van der Waals surface area contributed by atoms with Crippen molar-refractivity contribution in [3.63, 3.8) is 0 Å². The molecule has 2 rings (SSSR count). The molecule has 0 radical (unpaired) electrons. The van der Waals surface area contributed by atoms with E-state index in [2.05, 4.69) is 18.8 Å². The number of hydrogen-bond acceptors (Lipinski definition) is 4. The molecular weight excluding hydrogens is 222 g/mol. The van der Waals surface area contributed by atoms with Crippen molar-refractivity contribution in [3.8, 4) is 0 Å². The third-order valence-corrected chi connectivity index (χ3v) is 3.58. The number of likely N-dealkylation sites (tertiary alicyclic amines) is 1. The van der Waals surface area contributed by atoms with E-state index in [0.717, 1.165) is 11.6 Å². The third kappa shape index (κ3) is 2.10. The highest BCUT2D eigenvalue weighted by Gasteiger charge is 2.39. The van der Waals surface area contributed by atoms with E-state index in [1.807, 2.05) is 10.3 Å². The lowest BCUT2D eigenvalue weighted by atomic mass is 10.1. The van der Waals surface area contributed by atoms with Crippen LogP contribution in [0.3, 0.4) is 0 Å². The van der Waals surface area contributed by atoms with Crippen LogP contribution >= 0.6 is 11.3 Å². The van der Waals surface area contributed by atoms with Crippen LogP contribution in [0.5, 0.6) is 0 Å². The van der Waals surface area contributed by atoms with E-state index < -0.39 is 0 Å². The van der Waals surface area contributed by atoms with Crippen LogP contribution in [-0.4, -0.2) is 28.4 Å². The maximum atomic E-state index is 11.8.